The molecule has 0 aliphatic rings. The standard InChI is InChI=1S/C19H19NO3/c1-22-19(21)16-10-11-17(14-20)18(13-16)23-12-6-5-9-15-7-3-2-4-8-15/h2-4,7-8,10-11,13H,5-6,9,12H2,1H3. The summed E-state index contributed by atoms with van der Waals surface area (Å²) in [4.78, 5) is 11.5. The molecule has 0 fully saturated rings. The first-order chi connectivity index (χ1) is 11.2. The minimum atomic E-state index is -0.441. The summed E-state index contributed by atoms with van der Waals surface area (Å²) in [5, 5.41) is 9.11. The van der Waals surface area contributed by atoms with Gasteiger partial charge >= 0.3 is 5.97 Å². The molecule has 0 atom stereocenters. The first-order valence-corrected chi connectivity index (χ1v) is 7.54. The maximum atomic E-state index is 11.5. The van der Waals surface area contributed by atoms with Crippen LogP contribution in [0.1, 0.15) is 34.3 Å². The maximum Gasteiger partial charge on any atom is 0.337 e. The third-order valence-corrected chi connectivity index (χ3v) is 3.48. The predicted molar refractivity (Wildman–Crippen MR) is 87.4 cm³/mol. The zero-order valence-electron chi connectivity index (χ0n) is 13.1. The summed E-state index contributed by atoms with van der Waals surface area (Å²) < 4.78 is 10.4. The molecule has 0 radical (unpaired) electrons. The molecule has 2 rings (SSSR count). The lowest BCUT2D eigenvalue weighted by Gasteiger charge is -2.09. The Kier molecular flexibility index (Phi) is 6.19. The Labute approximate surface area is 136 Å². The van der Waals surface area contributed by atoms with E-state index in [-0.39, 0.29) is 0 Å². The van der Waals surface area contributed by atoms with Gasteiger partial charge in [0.25, 0.3) is 0 Å². The molecule has 0 aliphatic carbocycles. The highest BCUT2D eigenvalue weighted by atomic mass is 16.5. The predicted octanol–water partition coefficient (Wildman–Crippen LogP) is 3.75. The number of rotatable bonds is 7. The Morgan fingerprint density at radius 1 is 1.13 bits per heavy atom. The molecule has 4 nitrogen and oxygen atoms in total. The van der Waals surface area contributed by atoms with Crippen molar-refractivity contribution in [3.63, 3.8) is 0 Å². The highest BCUT2D eigenvalue weighted by Gasteiger charge is 2.10. The molecule has 0 saturated carbocycles. The summed E-state index contributed by atoms with van der Waals surface area (Å²) in [5.74, 6) is -0.0153. The van der Waals surface area contributed by atoms with Gasteiger partial charge in [0.05, 0.1) is 24.8 Å². The maximum absolute atomic E-state index is 11.5. The summed E-state index contributed by atoms with van der Waals surface area (Å²) in [6.45, 7) is 0.506. The van der Waals surface area contributed by atoms with Crippen LogP contribution in [0, 0.1) is 11.3 Å². The van der Waals surface area contributed by atoms with E-state index in [2.05, 4.69) is 22.9 Å². The molecule has 2 aromatic carbocycles. The molecule has 4 heteroatoms. The highest BCUT2D eigenvalue weighted by molar-refractivity contribution is 5.90. The molecule has 0 heterocycles. The number of methoxy groups -OCH3 is 1. The molecule has 118 valence electrons. The van der Waals surface area contributed by atoms with Gasteiger partial charge in [0.15, 0.2) is 0 Å². The summed E-state index contributed by atoms with van der Waals surface area (Å²) >= 11 is 0. The van der Waals surface area contributed by atoms with E-state index < -0.39 is 5.97 Å². The van der Waals surface area contributed by atoms with Gasteiger partial charge in [-0.25, -0.2) is 4.79 Å². The second-order valence-electron chi connectivity index (χ2n) is 5.11. The lowest BCUT2D eigenvalue weighted by Crippen LogP contribution is -2.04. The van der Waals surface area contributed by atoms with Gasteiger partial charge in [-0.05, 0) is 43.0 Å². The van der Waals surface area contributed by atoms with Gasteiger partial charge in [0.1, 0.15) is 11.8 Å². The summed E-state index contributed by atoms with van der Waals surface area (Å²) in [5.41, 5.74) is 2.10. The molecular weight excluding hydrogens is 290 g/mol. The van der Waals surface area contributed by atoms with E-state index in [0.717, 1.165) is 19.3 Å². The number of hydrogen-bond donors (Lipinski definition) is 0. The van der Waals surface area contributed by atoms with Crippen LogP contribution in [-0.2, 0) is 11.2 Å². The Bertz CT molecular complexity index is 690. The average Bonchev–Trinajstić information content (AvgIpc) is 2.61. The van der Waals surface area contributed by atoms with Crippen molar-refractivity contribution < 1.29 is 14.3 Å². The van der Waals surface area contributed by atoms with Crippen LogP contribution in [-0.4, -0.2) is 19.7 Å². The van der Waals surface area contributed by atoms with Crippen molar-refractivity contribution in [3.05, 3.63) is 65.2 Å². The van der Waals surface area contributed by atoms with Gasteiger partial charge in [-0.2, -0.15) is 5.26 Å². The quantitative estimate of drug-likeness (QED) is 0.577. The SMILES string of the molecule is COC(=O)c1ccc(C#N)c(OCCCCc2ccccc2)c1. The van der Waals surface area contributed by atoms with Crippen molar-refractivity contribution in [2.24, 2.45) is 0 Å². The van der Waals surface area contributed by atoms with Crippen LogP contribution in [0.25, 0.3) is 0 Å². The van der Waals surface area contributed by atoms with Crippen LogP contribution < -0.4 is 4.74 Å². The third-order valence-electron chi connectivity index (χ3n) is 3.48. The van der Waals surface area contributed by atoms with Crippen LogP contribution in [0.4, 0.5) is 0 Å². The Morgan fingerprint density at radius 2 is 1.91 bits per heavy atom. The van der Waals surface area contributed by atoms with Gasteiger partial charge in [-0.3, -0.25) is 0 Å². The van der Waals surface area contributed by atoms with E-state index in [4.69, 9.17) is 10.00 Å². The third kappa shape index (κ3) is 4.86. The molecule has 0 amide bonds. The molecule has 0 N–H and O–H groups in total. The van der Waals surface area contributed by atoms with Gasteiger partial charge in [0.2, 0.25) is 0 Å². The highest BCUT2D eigenvalue weighted by Crippen LogP contribution is 2.21. The van der Waals surface area contributed by atoms with Crippen molar-refractivity contribution in [1.82, 2.24) is 0 Å². The van der Waals surface area contributed by atoms with Crippen molar-refractivity contribution in [3.8, 4) is 11.8 Å². The molecule has 0 unspecified atom stereocenters. The van der Waals surface area contributed by atoms with Crippen LogP contribution >= 0.6 is 0 Å². The molecule has 2 aromatic rings. The summed E-state index contributed by atoms with van der Waals surface area (Å²) in [7, 11) is 1.32. The number of benzene rings is 2. The smallest absolute Gasteiger partial charge is 0.337 e. The summed E-state index contributed by atoms with van der Waals surface area (Å²) in [6.07, 6.45) is 2.88. The fraction of sp³-hybridized carbons (Fsp3) is 0.263. The van der Waals surface area contributed by atoms with Gasteiger partial charge in [-0.1, -0.05) is 30.3 Å². The number of nitrogens with zero attached hydrogens (tertiary/aromatic N) is 1. The van der Waals surface area contributed by atoms with Gasteiger partial charge in [0, 0.05) is 0 Å². The van der Waals surface area contributed by atoms with Crippen LogP contribution in [0.2, 0.25) is 0 Å². The molecular formula is C19H19NO3. The number of ether oxygens (including phenoxy) is 2. The monoisotopic (exact) mass is 309 g/mol. The number of nitriles is 1. The molecule has 23 heavy (non-hydrogen) atoms. The number of unbranched alkanes of at least 4 members (excludes halogenated alkanes) is 1. The van der Waals surface area contributed by atoms with Crippen LogP contribution in [0.15, 0.2) is 48.5 Å². The lowest BCUT2D eigenvalue weighted by atomic mass is 10.1. The van der Waals surface area contributed by atoms with Crippen LogP contribution in [0.5, 0.6) is 5.75 Å². The van der Waals surface area contributed by atoms with Crippen molar-refractivity contribution >= 4 is 5.97 Å². The van der Waals surface area contributed by atoms with E-state index in [1.54, 1.807) is 18.2 Å². The topological polar surface area (TPSA) is 59.3 Å². The molecule has 0 spiro atoms. The second kappa shape index (κ2) is 8.60. The zero-order valence-corrected chi connectivity index (χ0v) is 13.1. The van der Waals surface area contributed by atoms with E-state index in [1.165, 1.54) is 12.7 Å². The molecule has 0 bridgehead atoms. The Morgan fingerprint density at radius 3 is 2.61 bits per heavy atom. The van der Waals surface area contributed by atoms with E-state index in [1.807, 2.05) is 18.2 Å². The normalized spacial score (nSPS) is 9.91. The first-order valence-electron chi connectivity index (χ1n) is 7.54. The Hall–Kier alpha value is -2.80. The minimum absolute atomic E-state index is 0.380. The lowest BCUT2D eigenvalue weighted by molar-refractivity contribution is 0.0600. The zero-order chi connectivity index (χ0) is 16.5. The van der Waals surface area contributed by atoms with Gasteiger partial charge in [-0.15, -0.1) is 0 Å². The number of hydrogen-bond acceptors (Lipinski definition) is 4. The first kappa shape index (κ1) is 16.6. The summed E-state index contributed by atoms with van der Waals surface area (Å²) in [6, 6.07) is 17.0. The van der Waals surface area contributed by atoms with Crippen molar-refractivity contribution in [1.29, 1.82) is 5.26 Å². The average molecular weight is 309 g/mol. The number of esters is 1. The largest absolute Gasteiger partial charge is 0.492 e. The fourth-order valence-corrected chi connectivity index (χ4v) is 2.24. The van der Waals surface area contributed by atoms with E-state index in [0.29, 0.717) is 23.5 Å². The fourth-order valence-electron chi connectivity index (χ4n) is 2.24. The Balaban J connectivity index is 1.87. The number of aryl methyl sites for hydroxylation is 1. The second-order valence-corrected chi connectivity index (χ2v) is 5.11. The van der Waals surface area contributed by atoms with Crippen molar-refractivity contribution in [2.75, 3.05) is 13.7 Å². The molecule has 0 saturated heterocycles. The van der Waals surface area contributed by atoms with E-state index >= 15 is 0 Å². The number of carbonyl (C=O) groups is 1. The molecule has 0 aromatic heterocycles. The number of carbonyl (C=O) groups excluding carboxylic acids is 1. The van der Waals surface area contributed by atoms with Gasteiger partial charge < -0.3 is 9.47 Å². The van der Waals surface area contributed by atoms with E-state index in [9.17, 15) is 4.79 Å². The van der Waals surface area contributed by atoms with Crippen LogP contribution in [0.3, 0.4) is 0 Å². The molecule has 0 aliphatic heterocycles. The van der Waals surface area contributed by atoms with Crippen molar-refractivity contribution in [2.45, 2.75) is 19.3 Å². The minimum Gasteiger partial charge on any atom is -0.492 e.